The predicted molar refractivity (Wildman–Crippen MR) is 84.3 cm³/mol. The Kier molecular flexibility index (Phi) is 3.55. The maximum absolute atomic E-state index is 12.7. The Morgan fingerprint density at radius 3 is 2.14 bits per heavy atom. The second kappa shape index (κ2) is 5.52. The van der Waals surface area contributed by atoms with Gasteiger partial charge in [-0.25, -0.2) is 9.69 Å². The summed E-state index contributed by atoms with van der Waals surface area (Å²) in [6, 6.07) is 15.2. The smallest absolute Gasteiger partial charge is 0.336 e. The van der Waals surface area contributed by atoms with Crippen LogP contribution in [0.1, 0.15) is 6.92 Å². The highest BCUT2D eigenvalue weighted by molar-refractivity contribution is 6.28. The van der Waals surface area contributed by atoms with Crippen molar-refractivity contribution in [3.05, 3.63) is 54.6 Å². The largest absolute Gasteiger partial charge is 0.497 e. The molecule has 0 spiro atoms. The van der Waals surface area contributed by atoms with Crippen LogP contribution in [0.3, 0.4) is 0 Å². The topological polar surface area (TPSA) is 49.9 Å². The van der Waals surface area contributed by atoms with Crippen molar-refractivity contribution in [2.24, 2.45) is 0 Å². The molecule has 1 saturated heterocycles. The van der Waals surface area contributed by atoms with Gasteiger partial charge in [0.2, 0.25) is 0 Å². The van der Waals surface area contributed by atoms with E-state index >= 15 is 0 Å². The number of hydrogen-bond donors (Lipinski definition) is 0. The maximum Gasteiger partial charge on any atom is 0.336 e. The van der Waals surface area contributed by atoms with E-state index in [0.717, 1.165) is 0 Å². The van der Waals surface area contributed by atoms with E-state index in [1.165, 1.54) is 9.80 Å². The van der Waals surface area contributed by atoms with Crippen molar-refractivity contribution in [3.8, 4) is 5.75 Å². The first-order chi connectivity index (χ1) is 10.6. The SMILES string of the molecule is COc1ccc(N2C(=O)N(c3ccccc3)C(=O)[C@H]2C)cc1. The zero-order chi connectivity index (χ0) is 15.7. The lowest BCUT2D eigenvalue weighted by Crippen LogP contribution is -2.33. The Bertz CT molecular complexity index is 698. The summed E-state index contributed by atoms with van der Waals surface area (Å²) >= 11 is 0. The molecule has 0 aliphatic carbocycles. The lowest BCUT2D eigenvalue weighted by Gasteiger charge is -2.19. The molecule has 1 aliphatic rings. The van der Waals surface area contributed by atoms with Gasteiger partial charge in [-0.15, -0.1) is 0 Å². The van der Waals surface area contributed by atoms with Crippen molar-refractivity contribution in [1.82, 2.24) is 0 Å². The van der Waals surface area contributed by atoms with Gasteiger partial charge in [-0.2, -0.15) is 0 Å². The van der Waals surface area contributed by atoms with Crippen LogP contribution in [-0.4, -0.2) is 25.1 Å². The van der Waals surface area contributed by atoms with Gasteiger partial charge in [-0.3, -0.25) is 9.69 Å². The predicted octanol–water partition coefficient (Wildman–Crippen LogP) is 3.06. The number of benzene rings is 2. The highest BCUT2D eigenvalue weighted by Crippen LogP contribution is 2.30. The molecule has 1 fully saturated rings. The van der Waals surface area contributed by atoms with Crippen molar-refractivity contribution in [2.75, 3.05) is 16.9 Å². The monoisotopic (exact) mass is 296 g/mol. The molecule has 112 valence electrons. The summed E-state index contributed by atoms with van der Waals surface area (Å²) in [4.78, 5) is 27.9. The summed E-state index contributed by atoms with van der Waals surface area (Å²) in [5, 5.41) is 0. The quantitative estimate of drug-likeness (QED) is 0.818. The van der Waals surface area contributed by atoms with Crippen LogP contribution in [0.15, 0.2) is 54.6 Å². The van der Waals surface area contributed by atoms with Gasteiger partial charge in [0, 0.05) is 5.69 Å². The van der Waals surface area contributed by atoms with E-state index in [4.69, 9.17) is 4.74 Å². The van der Waals surface area contributed by atoms with Gasteiger partial charge in [0.15, 0.2) is 0 Å². The molecular formula is C17H16N2O3. The van der Waals surface area contributed by atoms with Gasteiger partial charge in [0.05, 0.1) is 12.8 Å². The molecule has 1 atom stereocenters. The van der Waals surface area contributed by atoms with Crippen LogP contribution in [-0.2, 0) is 4.79 Å². The van der Waals surface area contributed by atoms with E-state index < -0.39 is 6.04 Å². The summed E-state index contributed by atoms with van der Waals surface area (Å²) in [5.74, 6) is 0.473. The zero-order valence-corrected chi connectivity index (χ0v) is 12.4. The third kappa shape index (κ3) is 2.20. The molecule has 2 aromatic carbocycles. The summed E-state index contributed by atoms with van der Waals surface area (Å²) < 4.78 is 5.12. The second-order valence-electron chi connectivity index (χ2n) is 5.04. The maximum atomic E-state index is 12.7. The number of urea groups is 1. The van der Waals surface area contributed by atoms with Gasteiger partial charge in [0.1, 0.15) is 11.8 Å². The second-order valence-corrected chi connectivity index (χ2v) is 5.04. The molecule has 0 bridgehead atoms. The molecule has 22 heavy (non-hydrogen) atoms. The molecular weight excluding hydrogens is 280 g/mol. The van der Waals surface area contributed by atoms with Crippen molar-refractivity contribution in [1.29, 1.82) is 0 Å². The van der Waals surface area contributed by atoms with Crippen LogP contribution >= 0.6 is 0 Å². The number of hydrogen-bond acceptors (Lipinski definition) is 3. The average molecular weight is 296 g/mol. The van der Waals surface area contributed by atoms with E-state index in [2.05, 4.69) is 0 Å². The Morgan fingerprint density at radius 1 is 0.909 bits per heavy atom. The van der Waals surface area contributed by atoms with Crippen LogP contribution in [0.4, 0.5) is 16.2 Å². The van der Waals surface area contributed by atoms with E-state index in [1.807, 2.05) is 6.07 Å². The summed E-state index contributed by atoms with van der Waals surface area (Å²) in [6.45, 7) is 1.73. The first kappa shape index (κ1) is 14.1. The lowest BCUT2D eigenvalue weighted by molar-refractivity contribution is -0.117. The van der Waals surface area contributed by atoms with Gasteiger partial charge >= 0.3 is 6.03 Å². The number of carbonyl (C=O) groups is 2. The summed E-state index contributed by atoms with van der Waals surface area (Å²) in [7, 11) is 1.58. The fourth-order valence-electron chi connectivity index (χ4n) is 2.56. The molecule has 0 aromatic heterocycles. The molecule has 2 aromatic rings. The number of ether oxygens (including phenoxy) is 1. The van der Waals surface area contributed by atoms with E-state index in [9.17, 15) is 9.59 Å². The Balaban J connectivity index is 1.96. The fourth-order valence-corrected chi connectivity index (χ4v) is 2.56. The lowest BCUT2D eigenvalue weighted by atomic mass is 10.2. The molecule has 0 N–H and O–H groups in total. The van der Waals surface area contributed by atoms with Crippen molar-refractivity contribution >= 4 is 23.3 Å². The minimum Gasteiger partial charge on any atom is -0.497 e. The molecule has 3 amide bonds. The molecule has 3 rings (SSSR count). The molecule has 5 nitrogen and oxygen atoms in total. The number of imide groups is 1. The summed E-state index contributed by atoms with van der Waals surface area (Å²) in [6.07, 6.45) is 0. The van der Waals surface area contributed by atoms with Crippen LogP contribution in [0, 0.1) is 0 Å². The highest BCUT2D eigenvalue weighted by Gasteiger charge is 2.44. The molecule has 1 heterocycles. The average Bonchev–Trinajstić information content (AvgIpc) is 2.78. The number of amides is 3. The van der Waals surface area contributed by atoms with Crippen molar-refractivity contribution < 1.29 is 14.3 Å². The number of para-hydroxylation sites is 1. The molecule has 5 heteroatoms. The van der Waals surface area contributed by atoms with Crippen LogP contribution in [0.5, 0.6) is 5.75 Å². The molecule has 0 saturated carbocycles. The van der Waals surface area contributed by atoms with E-state index in [0.29, 0.717) is 17.1 Å². The standard InChI is InChI=1S/C17H16N2O3/c1-12-16(20)19(13-6-4-3-5-7-13)17(21)18(12)14-8-10-15(22-2)11-9-14/h3-12H,1-2H3/t12-/m1/s1. The number of anilines is 2. The minimum absolute atomic E-state index is 0.230. The third-order valence-electron chi connectivity index (χ3n) is 3.73. The minimum atomic E-state index is -0.541. The summed E-state index contributed by atoms with van der Waals surface area (Å²) in [5.41, 5.74) is 1.26. The number of carbonyl (C=O) groups excluding carboxylic acids is 2. The molecule has 1 aliphatic heterocycles. The first-order valence-corrected chi connectivity index (χ1v) is 6.99. The van der Waals surface area contributed by atoms with Gasteiger partial charge in [-0.05, 0) is 43.3 Å². The zero-order valence-electron chi connectivity index (χ0n) is 12.4. The Hall–Kier alpha value is -2.82. The number of rotatable bonds is 3. The molecule has 0 radical (unpaired) electrons. The Labute approximate surface area is 128 Å². The van der Waals surface area contributed by atoms with Gasteiger partial charge < -0.3 is 4.74 Å². The van der Waals surface area contributed by atoms with E-state index in [1.54, 1.807) is 62.6 Å². The number of methoxy groups -OCH3 is 1. The first-order valence-electron chi connectivity index (χ1n) is 6.99. The van der Waals surface area contributed by atoms with E-state index in [-0.39, 0.29) is 11.9 Å². The van der Waals surface area contributed by atoms with Crippen molar-refractivity contribution in [3.63, 3.8) is 0 Å². The fraction of sp³-hybridized carbons (Fsp3) is 0.176. The molecule has 0 unspecified atom stereocenters. The normalized spacial score (nSPS) is 18.0. The number of nitrogens with zero attached hydrogens (tertiary/aromatic N) is 2. The highest BCUT2D eigenvalue weighted by atomic mass is 16.5. The van der Waals surface area contributed by atoms with Crippen LogP contribution in [0.25, 0.3) is 0 Å². The third-order valence-corrected chi connectivity index (χ3v) is 3.73. The van der Waals surface area contributed by atoms with Crippen molar-refractivity contribution in [2.45, 2.75) is 13.0 Å². The van der Waals surface area contributed by atoms with Gasteiger partial charge in [-0.1, -0.05) is 18.2 Å². The Morgan fingerprint density at radius 2 is 1.55 bits per heavy atom. The van der Waals surface area contributed by atoms with Crippen LogP contribution in [0.2, 0.25) is 0 Å². The van der Waals surface area contributed by atoms with Crippen LogP contribution < -0.4 is 14.5 Å². The van der Waals surface area contributed by atoms with Gasteiger partial charge in [0.25, 0.3) is 5.91 Å².